The summed E-state index contributed by atoms with van der Waals surface area (Å²) in [6.45, 7) is 4.22. The van der Waals surface area contributed by atoms with Crippen LogP contribution in [0.5, 0.6) is 0 Å². The van der Waals surface area contributed by atoms with E-state index in [4.69, 9.17) is 0 Å². The molecule has 6 heteroatoms. The van der Waals surface area contributed by atoms with Crippen LogP contribution in [0.2, 0.25) is 0 Å². The summed E-state index contributed by atoms with van der Waals surface area (Å²) in [4.78, 5) is 13.2. The molecular weight excluding hydrogens is 362 g/mol. The second-order valence-corrected chi connectivity index (χ2v) is 8.28. The zero-order chi connectivity index (χ0) is 18.4. The van der Waals surface area contributed by atoms with Crippen molar-refractivity contribution in [1.82, 2.24) is 10.2 Å². The molecule has 1 heterocycles. The predicted molar refractivity (Wildman–Crippen MR) is 109 cm³/mol. The Labute approximate surface area is 162 Å². The van der Waals surface area contributed by atoms with Crippen LogP contribution < -0.4 is 5.32 Å². The number of anilines is 1. The fourth-order valence-corrected chi connectivity index (χ4v) is 4.07. The topological polar surface area (TPSA) is 54.9 Å². The van der Waals surface area contributed by atoms with Crippen molar-refractivity contribution in [3.05, 3.63) is 70.7 Å². The number of benzene rings is 2. The smallest absolute Gasteiger partial charge is 0.236 e. The molecule has 4 nitrogen and oxygen atoms in total. The molecule has 134 valence electrons. The number of nitrogens with one attached hydrogen (secondary N) is 1. The molecule has 1 amide bonds. The number of nitrogens with zero attached hydrogens (tertiary/aromatic N) is 2. The number of amides is 1. The van der Waals surface area contributed by atoms with E-state index in [1.165, 1.54) is 34.2 Å². The summed E-state index contributed by atoms with van der Waals surface area (Å²) in [5, 5.41) is 12.6. The number of carbonyl (C=O) groups is 1. The van der Waals surface area contributed by atoms with Crippen LogP contribution >= 0.6 is 23.1 Å². The number of hydrogen-bond donors (Lipinski definition) is 1. The van der Waals surface area contributed by atoms with Gasteiger partial charge in [0.15, 0.2) is 0 Å². The maximum absolute atomic E-state index is 12.1. The van der Waals surface area contributed by atoms with Crippen LogP contribution in [0.1, 0.15) is 29.0 Å². The number of thioether (sulfide) groups is 1. The summed E-state index contributed by atoms with van der Waals surface area (Å²) in [7, 11) is 0. The van der Waals surface area contributed by atoms with Crippen molar-refractivity contribution in [2.75, 3.05) is 11.1 Å². The van der Waals surface area contributed by atoms with Gasteiger partial charge in [0.05, 0.1) is 5.75 Å². The molecule has 1 atom stereocenters. The van der Waals surface area contributed by atoms with Crippen LogP contribution in [0, 0.1) is 6.92 Å². The Morgan fingerprint density at radius 3 is 2.58 bits per heavy atom. The molecule has 2 aromatic carbocycles. The van der Waals surface area contributed by atoms with Crippen LogP contribution in [-0.4, -0.2) is 21.9 Å². The first-order valence-corrected chi connectivity index (χ1v) is 10.3. The summed E-state index contributed by atoms with van der Waals surface area (Å²) in [6.07, 6.45) is 0.815. The second-order valence-electron chi connectivity index (χ2n) is 6.17. The molecule has 0 spiro atoms. The maximum Gasteiger partial charge on any atom is 0.236 e. The van der Waals surface area contributed by atoms with Gasteiger partial charge in [-0.15, -0.1) is 22.0 Å². The van der Waals surface area contributed by atoms with Crippen molar-refractivity contribution < 1.29 is 4.79 Å². The van der Waals surface area contributed by atoms with E-state index >= 15 is 0 Å². The normalized spacial score (nSPS) is 11.9. The van der Waals surface area contributed by atoms with E-state index in [1.54, 1.807) is 0 Å². The van der Waals surface area contributed by atoms with Crippen LogP contribution in [0.4, 0.5) is 5.13 Å². The minimum absolute atomic E-state index is 0.0608. The van der Waals surface area contributed by atoms with Gasteiger partial charge in [0.2, 0.25) is 11.0 Å². The number of aryl methyl sites for hydroxylation is 1. The lowest BCUT2D eigenvalue weighted by Gasteiger charge is -2.08. The molecule has 1 N–H and O–H groups in total. The van der Waals surface area contributed by atoms with Gasteiger partial charge < -0.3 is 0 Å². The van der Waals surface area contributed by atoms with E-state index in [0.29, 0.717) is 16.8 Å². The Bertz CT molecular complexity index is 847. The van der Waals surface area contributed by atoms with E-state index in [1.807, 2.05) is 49.4 Å². The molecule has 0 radical (unpaired) electrons. The SMILES string of the molecule is Cc1ccc(SCC(=O)Nc2nnc(CC(C)c3ccccc3)s2)cc1. The molecule has 26 heavy (non-hydrogen) atoms. The first kappa shape index (κ1) is 18.6. The standard InChI is InChI=1S/C20H21N3OS2/c1-14-8-10-17(11-9-14)25-13-18(24)21-20-23-22-19(26-20)12-15(2)16-6-4-3-5-7-16/h3-11,15H,12-13H2,1-2H3,(H,21,23,24). The fraction of sp³-hybridized carbons (Fsp3) is 0.250. The summed E-state index contributed by atoms with van der Waals surface area (Å²) in [6, 6.07) is 18.5. The summed E-state index contributed by atoms with van der Waals surface area (Å²) >= 11 is 2.96. The minimum Gasteiger partial charge on any atom is -0.300 e. The third-order valence-corrected chi connectivity index (χ3v) is 5.83. The molecule has 0 aliphatic heterocycles. The average molecular weight is 384 g/mol. The highest BCUT2D eigenvalue weighted by atomic mass is 32.2. The molecule has 1 aromatic heterocycles. The Morgan fingerprint density at radius 2 is 1.85 bits per heavy atom. The van der Waals surface area contributed by atoms with Gasteiger partial charge in [0, 0.05) is 11.3 Å². The first-order valence-electron chi connectivity index (χ1n) is 8.47. The van der Waals surface area contributed by atoms with Crippen LogP contribution in [0.3, 0.4) is 0 Å². The Kier molecular flexibility index (Phi) is 6.41. The quantitative estimate of drug-likeness (QED) is 0.588. The number of hydrogen-bond acceptors (Lipinski definition) is 5. The lowest BCUT2D eigenvalue weighted by Crippen LogP contribution is -2.13. The zero-order valence-electron chi connectivity index (χ0n) is 14.8. The second kappa shape index (κ2) is 8.96. The van der Waals surface area contributed by atoms with Gasteiger partial charge in [-0.3, -0.25) is 10.1 Å². The van der Waals surface area contributed by atoms with Gasteiger partial charge in [0.25, 0.3) is 0 Å². The van der Waals surface area contributed by atoms with Crippen molar-refractivity contribution in [3.8, 4) is 0 Å². The molecule has 3 rings (SSSR count). The van der Waals surface area contributed by atoms with Crippen LogP contribution in [0.15, 0.2) is 59.5 Å². The molecule has 0 bridgehead atoms. The molecule has 1 unspecified atom stereocenters. The van der Waals surface area contributed by atoms with E-state index in [9.17, 15) is 4.79 Å². The fourth-order valence-electron chi connectivity index (χ4n) is 2.49. The van der Waals surface area contributed by atoms with Crippen molar-refractivity contribution in [3.63, 3.8) is 0 Å². The first-order chi connectivity index (χ1) is 12.6. The molecule has 0 fully saturated rings. The lowest BCUT2D eigenvalue weighted by molar-refractivity contribution is -0.113. The molecule has 0 saturated heterocycles. The predicted octanol–water partition coefficient (Wildman–Crippen LogP) is 4.92. The monoisotopic (exact) mass is 383 g/mol. The maximum atomic E-state index is 12.1. The number of aromatic nitrogens is 2. The Balaban J connectivity index is 1.49. The third kappa shape index (κ3) is 5.41. The highest BCUT2D eigenvalue weighted by Gasteiger charge is 2.12. The minimum atomic E-state index is -0.0608. The van der Waals surface area contributed by atoms with Crippen LogP contribution in [0.25, 0.3) is 0 Å². The summed E-state index contributed by atoms with van der Waals surface area (Å²) in [5.41, 5.74) is 2.49. The van der Waals surface area contributed by atoms with Crippen molar-refractivity contribution in [2.24, 2.45) is 0 Å². The van der Waals surface area contributed by atoms with E-state index in [2.05, 4.69) is 34.6 Å². The highest BCUT2D eigenvalue weighted by Crippen LogP contribution is 2.24. The van der Waals surface area contributed by atoms with E-state index in [-0.39, 0.29) is 5.91 Å². The van der Waals surface area contributed by atoms with Gasteiger partial charge in [-0.2, -0.15) is 0 Å². The van der Waals surface area contributed by atoms with E-state index in [0.717, 1.165) is 16.3 Å². The molecule has 3 aromatic rings. The molecular formula is C20H21N3OS2. The largest absolute Gasteiger partial charge is 0.300 e. The average Bonchev–Trinajstić information content (AvgIpc) is 3.08. The van der Waals surface area contributed by atoms with E-state index < -0.39 is 0 Å². The lowest BCUT2D eigenvalue weighted by atomic mass is 9.98. The van der Waals surface area contributed by atoms with Crippen LogP contribution in [-0.2, 0) is 11.2 Å². The van der Waals surface area contributed by atoms with Gasteiger partial charge in [0.1, 0.15) is 5.01 Å². The van der Waals surface area contributed by atoms with Gasteiger partial charge in [-0.25, -0.2) is 0 Å². The number of carbonyl (C=O) groups excluding carboxylic acids is 1. The molecule has 0 aliphatic rings. The molecule has 0 saturated carbocycles. The van der Waals surface area contributed by atoms with Crippen molar-refractivity contribution >= 4 is 34.1 Å². The molecule has 0 aliphatic carbocycles. The third-order valence-electron chi connectivity index (χ3n) is 3.95. The Morgan fingerprint density at radius 1 is 1.12 bits per heavy atom. The van der Waals surface area contributed by atoms with Crippen molar-refractivity contribution in [2.45, 2.75) is 31.1 Å². The zero-order valence-corrected chi connectivity index (χ0v) is 16.4. The van der Waals surface area contributed by atoms with Gasteiger partial charge in [-0.1, -0.05) is 66.3 Å². The summed E-state index contributed by atoms with van der Waals surface area (Å²) < 4.78 is 0. The van der Waals surface area contributed by atoms with Gasteiger partial charge >= 0.3 is 0 Å². The van der Waals surface area contributed by atoms with Crippen molar-refractivity contribution in [1.29, 1.82) is 0 Å². The summed E-state index contributed by atoms with van der Waals surface area (Å²) in [5.74, 6) is 0.664. The van der Waals surface area contributed by atoms with Gasteiger partial charge in [-0.05, 0) is 30.5 Å². The highest BCUT2D eigenvalue weighted by molar-refractivity contribution is 8.00. The number of rotatable bonds is 7. The Hall–Kier alpha value is -2.18.